The summed E-state index contributed by atoms with van der Waals surface area (Å²) in [6, 6.07) is 0. The zero-order chi connectivity index (χ0) is 5.98. The summed E-state index contributed by atoms with van der Waals surface area (Å²) in [7, 11) is 0. The lowest BCUT2D eigenvalue weighted by atomic mass is 9.74. The summed E-state index contributed by atoms with van der Waals surface area (Å²) in [5, 5.41) is 0. The Morgan fingerprint density at radius 1 is 1.50 bits per heavy atom. The van der Waals surface area contributed by atoms with E-state index in [0.717, 1.165) is 17.6 Å². The number of hydrogen-bond donors (Lipinski definition) is 1. The van der Waals surface area contributed by atoms with Crippen molar-refractivity contribution < 1.29 is 0 Å². The summed E-state index contributed by atoms with van der Waals surface area (Å²) < 4.78 is 0. The van der Waals surface area contributed by atoms with Crippen molar-refractivity contribution in [3.05, 3.63) is 0 Å². The normalized spacial score (nSPS) is 36.8. The quantitative estimate of drug-likeness (QED) is 0.545. The molecule has 0 spiro atoms. The Morgan fingerprint density at radius 2 is 2.25 bits per heavy atom. The molecule has 0 aliphatic heterocycles. The van der Waals surface area contributed by atoms with E-state index in [0.29, 0.717) is 0 Å². The van der Waals surface area contributed by atoms with Crippen molar-refractivity contribution in [2.45, 2.75) is 26.2 Å². The van der Waals surface area contributed by atoms with Gasteiger partial charge in [-0.1, -0.05) is 13.3 Å². The van der Waals surface area contributed by atoms with E-state index < -0.39 is 0 Å². The Bertz CT molecular complexity index is 70.8. The number of rotatable bonds is 2. The van der Waals surface area contributed by atoms with Crippen LogP contribution in [-0.2, 0) is 0 Å². The SMILES string of the molecule is CC1CCC1CCS. The lowest BCUT2D eigenvalue weighted by Gasteiger charge is -2.33. The fraction of sp³-hybridized carbons (Fsp3) is 1.00. The van der Waals surface area contributed by atoms with E-state index in [2.05, 4.69) is 19.6 Å². The maximum atomic E-state index is 4.19. The largest absolute Gasteiger partial charge is 0.179 e. The van der Waals surface area contributed by atoms with Crippen LogP contribution in [0.5, 0.6) is 0 Å². The first-order valence-corrected chi connectivity index (χ1v) is 4.08. The topological polar surface area (TPSA) is 0 Å². The molecule has 8 heavy (non-hydrogen) atoms. The summed E-state index contributed by atoms with van der Waals surface area (Å²) in [4.78, 5) is 0. The first-order valence-electron chi connectivity index (χ1n) is 3.45. The Hall–Kier alpha value is 0.350. The molecule has 1 saturated carbocycles. The van der Waals surface area contributed by atoms with Crippen molar-refractivity contribution in [3.8, 4) is 0 Å². The maximum absolute atomic E-state index is 4.19. The molecule has 0 N–H and O–H groups in total. The molecular formula is C7H14S. The average Bonchev–Trinajstić information content (AvgIpc) is 1.79. The lowest BCUT2D eigenvalue weighted by molar-refractivity contribution is 0.192. The molecule has 1 heteroatoms. The Morgan fingerprint density at radius 3 is 2.38 bits per heavy atom. The van der Waals surface area contributed by atoms with Crippen LogP contribution in [0.1, 0.15) is 26.2 Å². The summed E-state index contributed by atoms with van der Waals surface area (Å²) in [6.07, 6.45) is 4.25. The number of thiol groups is 1. The lowest BCUT2D eigenvalue weighted by Crippen LogP contribution is -2.22. The minimum absolute atomic E-state index is 1.00. The highest BCUT2D eigenvalue weighted by Crippen LogP contribution is 2.35. The molecule has 2 atom stereocenters. The summed E-state index contributed by atoms with van der Waals surface area (Å²) in [6.45, 7) is 2.34. The third kappa shape index (κ3) is 1.19. The third-order valence-electron chi connectivity index (χ3n) is 2.30. The van der Waals surface area contributed by atoms with E-state index in [9.17, 15) is 0 Å². The molecule has 0 amide bonds. The van der Waals surface area contributed by atoms with Gasteiger partial charge in [0.2, 0.25) is 0 Å². The van der Waals surface area contributed by atoms with Gasteiger partial charge >= 0.3 is 0 Å². The highest BCUT2D eigenvalue weighted by atomic mass is 32.1. The Kier molecular flexibility index (Phi) is 2.24. The molecule has 0 nitrogen and oxygen atoms in total. The first kappa shape index (κ1) is 6.47. The summed E-state index contributed by atoms with van der Waals surface area (Å²) in [5.41, 5.74) is 0. The fourth-order valence-corrected chi connectivity index (χ4v) is 1.66. The van der Waals surface area contributed by atoms with E-state index in [1.54, 1.807) is 0 Å². The minimum atomic E-state index is 1.00. The van der Waals surface area contributed by atoms with Gasteiger partial charge in [0, 0.05) is 0 Å². The van der Waals surface area contributed by atoms with Gasteiger partial charge in [-0.2, -0.15) is 12.6 Å². The van der Waals surface area contributed by atoms with Gasteiger partial charge in [-0.3, -0.25) is 0 Å². The van der Waals surface area contributed by atoms with Gasteiger partial charge in [0.1, 0.15) is 0 Å². The van der Waals surface area contributed by atoms with Crippen LogP contribution in [0.15, 0.2) is 0 Å². The van der Waals surface area contributed by atoms with E-state index in [-0.39, 0.29) is 0 Å². The summed E-state index contributed by atoms with van der Waals surface area (Å²) >= 11 is 4.19. The monoisotopic (exact) mass is 130 g/mol. The Balaban J connectivity index is 2.08. The highest BCUT2D eigenvalue weighted by Gasteiger charge is 2.24. The average molecular weight is 130 g/mol. The molecule has 0 saturated heterocycles. The van der Waals surface area contributed by atoms with E-state index in [1.807, 2.05) is 0 Å². The van der Waals surface area contributed by atoms with Gasteiger partial charge in [0.25, 0.3) is 0 Å². The van der Waals surface area contributed by atoms with E-state index in [1.165, 1.54) is 19.3 Å². The smallest absolute Gasteiger partial charge is 0.00952 e. The minimum Gasteiger partial charge on any atom is -0.179 e. The zero-order valence-electron chi connectivity index (χ0n) is 5.43. The van der Waals surface area contributed by atoms with E-state index >= 15 is 0 Å². The second kappa shape index (κ2) is 2.77. The van der Waals surface area contributed by atoms with E-state index in [4.69, 9.17) is 0 Å². The molecule has 1 aliphatic carbocycles. The second-order valence-electron chi connectivity index (χ2n) is 2.83. The van der Waals surface area contributed by atoms with Crippen LogP contribution in [-0.4, -0.2) is 5.75 Å². The zero-order valence-corrected chi connectivity index (χ0v) is 6.32. The van der Waals surface area contributed by atoms with Crippen molar-refractivity contribution in [2.75, 3.05) is 5.75 Å². The highest BCUT2D eigenvalue weighted by molar-refractivity contribution is 7.80. The fourth-order valence-electron chi connectivity index (χ4n) is 1.33. The molecule has 0 bridgehead atoms. The predicted molar refractivity (Wildman–Crippen MR) is 40.4 cm³/mol. The van der Waals surface area contributed by atoms with Crippen LogP contribution < -0.4 is 0 Å². The van der Waals surface area contributed by atoms with Crippen molar-refractivity contribution in [2.24, 2.45) is 11.8 Å². The molecule has 0 aromatic heterocycles. The van der Waals surface area contributed by atoms with Gasteiger partial charge in [0.05, 0.1) is 0 Å². The van der Waals surface area contributed by atoms with Gasteiger partial charge in [0.15, 0.2) is 0 Å². The van der Waals surface area contributed by atoms with Crippen LogP contribution in [0.3, 0.4) is 0 Å². The molecule has 0 heterocycles. The molecule has 48 valence electrons. The standard InChI is InChI=1S/C7H14S/c1-6-2-3-7(6)4-5-8/h6-8H,2-5H2,1H3. The molecule has 1 fully saturated rings. The van der Waals surface area contributed by atoms with Crippen molar-refractivity contribution >= 4 is 12.6 Å². The van der Waals surface area contributed by atoms with Crippen molar-refractivity contribution in [3.63, 3.8) is 0 Å². The number of hydrogen-bond acceptors (Lipinski definition) is 1. The molecule has 1 rings (SSSR count). The predicted octanol–water partition coefficient (Wildman–Crippen LogP) is 2.35. The van der Waals surface area contributed by atoms with Crippen LogP contribution >= 0.6 is 12.6 Å². The van der Waals surface area contributed by atoms with Gasteiger partial charge in [-0.15, -0.1) is 0 Å². The van der Waals surface area contributed by atoms with Gasteiger partial charge < -0.3 is 0 Å². The molecule has 0 radical (unpaired) electrons. The first-order chi connectivity index (χ1) is 3.84. The molecule has 0 aromatic carbocycles. The van der Waals surface area contributed by atoms with Crippen LogP contribution in [0.25, 0.3) is 0 Å². The van der Waals surface area contributed by atoms with Crippen LogP contribution in [0.2, 0.25) is 0 Å². The van der Waals surface area contributed by atoms with Crippen molar-refractivity contribution in [1.29, 1.82) is 0 Å². The van der Waals surface area contributed by atoms with Crippen LogP contribution in [0, 0.1) is 11.8 Å². The Labute approximate surface area is 57.1 Å². The molecule has 2 unspecified atom stereocenters. The second-order valence-corrected chi connectivity index (χ2v) is 3.27. The molecule has 1 aliphatic rings. The van der Waals surface area contributed by atoms with Gasteiger partial charge in [-0.25, -0.2) is 0 Å². The van der Waals surface area contributed by atoms with Crippen molar-refractivity contribution in [1.82, 2.24) is 0 Å². The van der Waals surface area contributed by atoms with Gasteiger partial charge in [-0.05, 0) is 30.4 Å². The maximum Gasteiger partial charge on any atom is -0.00952 e. The molecule has 0 aromatic rings. The summed E-state index contributed by atoms with van der Waals surface area (Å²) in [5.74, 6) is 3.10. The molecular weight excluding hydrogens is 116 g/mol. The third-order valence-corrected chi connectivity index (χ3v) is 2.56. The van der Waals surface area contributed by atoms with Crippen LogP contribution in [0.4, 0.5) is 0 Å².